The largest absolute Gasteiger partial charge is 0.493 e. The molecular weight excluding hydrogens is 498 g/mol. The van der Waals surface area contributed by atoms with Crippen LogP contribution >= 0.6 is 0 Å². The lowest BCUT2D eigenvalue weighted by atomic mass is 9.84. The molecule has 0 bridgehead atoms. The van der Waals surface area contributed by atoms with Crippen LogP contribution < -0.4 is 14.8 Å². The van der Waals surface area contributed by atoms with Gasteiger partial charge in [0.2, 0.25) is 0 Å². The maximum Gasteiger partial charge on any atom is 0.254 e. The van der Waals surface area contributed by atoms with E-state index in [1.807, 2.05) is 18.7 Å². The van der Waals surface area contributed by atoms with Crippen molar-refractivity contribution < 1.29 is 28.9 Å². The van der Waals surface area contributed by atoms with Crippen LogP contribution in [0.2, 0.25) is 0 Å². The summed E-state index contributed by atoms with van der Waals surface area (Å²) in [6.07, 6.45) is 5.02. The lowest BCUT2D eigenvalue weighted by Crippen LogP contribution is -2.46. The molecule has 1 aliphatic heterocycles. The van der Waals surface area contributed by atoms with Crippen LogP contribution in [0, 0.1) is 17.8 Å². The number of hydrogen-bond acceptors (Lipinski definition) is 7. The molecule has 9 heteroatoms. The van der Waals surface area contributed by atoms with Crippen molar-refractivity contribution in [1.29, 1.82) is 0 Å². The van der Waals surface area contributed by atoms with Gasteiger partial charge in [0.15, 0.2) is 11.5 Å². The molecule has 0 radical (unpaired) electrons. The minimum Gasteiger partial charge on any atom is -0.493 e. The summed E-state index contributed by atoms with van der Waals surface area (Å²) in [6.45, 7) is 7.81. The third kappa shape index (κ3) is 8.56. The second-order valence-corrected chi connectivity index (χ2v) is 11.4. The van der Waals surface area contributed by atoms with Crippen LogP contribution in [0.1, 0.15) is 62.7 Å². The van der Waals surface area contributed by atoms with Gasteiger partial charge in [-0.15, -0.1) is 0 Å². The summed E-state index contributed by atoms with van der Waals surface area (Å²) in [5.41, 5.74) is 0.552. The van der Waals surface area contributed by atoms with E-state index < -0.39 is 6.10 Å². The summed E-state index contributed by atoms with van der Waals surface area (Å²) in [5.74, 6) is 1.35. The van der Waals surface area contributed by atoms with Crippen molar-refractivity contribution in [3.8, 4) is 11.5 Å². The molecule has 3 rings (SSSR count). The second-order valence-electron chi connectivity index (χ2n) is 11.4. The van der Waals surface area contributed by atoms with Gasteiger partial charge in [0.1, 0.15) is 6.10 Å². The number of methoxy groups -OCH3 is 2. The van der Waals surface area contributed by atoms with Crippen LogP contribution in [0.4, 0.5) is 0 Å². The first kappa shape index (κ1) is 31.2. The molecule has 1 saturated carbocycles. The zero-order valence-corrected chi connectivity index (χ0v) is 24.5. The average Bonchev–Trinajstić information content (AvgIpc) is 3.39. The Balaban J connectivity index is 1.65. The van der Waals surface area contributed by atoms with Crippen molar-refractivity contribution in [1.82, 2.24) is 15.1 Å². The number of benzene rings is 1. The zero-order valence-electron chi connectivity index (χ0n) is 24.5. The first-order chi connectivity index (χ1) is 18.8. The smallest absolute Gasteiger partial charge is 0.254 e. The lowest BCUT2D eigenvalue weighted by molar-refractivity contribution is -0.143. The van der Waals surface area contributed by atoms with E-state index in [9.17, 15) is 14.7 Å². The third-order valence-corrected chi connectivity index (χ3v) is 8.19. The Labute approximate surface area is 234 Å². The van der Waals surface area contributed by atoms with Gasteiger partial charge in [-0.3, -0.25) is 9.59 Å². The lowest BCUT2D eigenvalue weighted by Gasteiger charge is -2.34. The monoisotopic (exact) mass is 547 g/mol. The quantitative estimate of drug-likeness (QED) is 0.345. The summed E-state index contributed by atoms with van der Waals surface area (Å²) in [4.78, 5) is 30.3. The number of aliphatic hydroxyl groups is 1. The number of nitrogens with zero attached hydrogens (tertiary/aromatic N) is 2. The van der Waals surface area contributed by atoms with E-state index in [-0.39, 0.29) is 35.6 Å². The fraction of sp³-hybridized carbons (Fsp3) is 0.733. The molecule has 1 aromatic carbocycles. The van der Waals surface area contributed by atoms with Crippen LogP contribution in [-0.4, -0.2) is 99.5 Å². The standard InChI is InChI=1S/C30H49N3O6/c1-21(2)33(29(35)23-12-13-26(38-5)27(16-23)39-15-9-14-37-4)20-25-18-31-17-24(25)19-32(3)30(36)28(34)22-10-7-6-8-11-22/h12-13,16,21-22,24-25,28,31,34H,6-11,14-15,17-20H2,1-5H3/t24-,25-,28-/m0/s1. The number of hydrogen-bond donors (Lipinski definition) is 2. The van der Waals surface area contributed by atoms with E-state index in [0.29, 0.717) is 43.4 Å². The highest BCUT2D eigenvalue weighted by molar-refractivity contribution is 5.95. The second kappa shape index (κ2) is 15.4. The van der Waals surface area contributed by atoms with E-state index in [2.05, 4.69) is 5.32 Å². The summed E-state index contributed by atoms with van der Waals surface area (Å²) >= 11 is 0. The molecule has 1 aromatic rings. The van der Waals surface area contributed by atoms with Crippen molar-refractivity contribution in [3.05, 3.63) is 23.8 Å². The number of carbonyl (C=O) groups is 2. The van der Waals surface area contributed by atoms with Crippen LogP contribution in [0.5, 0.6) is 11.5 Å². The number of aliphatic hydroxyl groups excluding tert-OH is 1. The number of amides is 2. The molecule has 0 aromatic heterocycles. The van der Waals surface area contributed by atoms with Crippen LogP contribution in [-0.2, 0) is 9.53 Å². The van der Waals surface area contributed by atoms with Crippen LogP contribution in [0.25, 0.3) is 0 Å². The first-order valence-electron chi connectivity index (χ1n) is 14.5. The number of rotatable bonds is 14. The summed E-state index contributed by atoms with van der Waals surface area (Å²) in [6, 6.07) is 5.31. The molecule has 2 aliphatic rings. The Hall–Kier alpha value is -2.36. The topological polar surface area (TPSA) is 101 Å². The Kier molecular flexibility index (Phi) is 12.3. The molecule has 2 amide bonds. The van der Waals surface area contributed by atoms with Crippen LogP contribution in [0.3, 0.4) is 0 Å². The van der Waals surface area contributed by atoms with E-state index >= 15 is 0 Å². The summed E-state index contributed by atoms with van der Waals surface area (Å²) in [7, 11) is 5.03. The molecule has 2 fully saturated rings. The third-order valence-electron chi connectivity index (χ3n) is 8.19. The zero-order chi connectivity index (χ0) is 28.4. The molecule has 0 spiro atoms. The highest BCUT2D eigenvalue weighted by Crippen LogP contribution is 2.30. The molecule has 3 atom stereocenters. The minimum atomic E-state index is -0.919. The number of carbonyl (C=O) groups excluding carboxylic acids is 2. The van der Waals surface area contributed by atoms with Crippen LogP contribution in [0.15, 0.2) is 18.2 Å². The molecule has 2 N–H and O–H groups in total. The molecule has 1 saturated heterocycles. The molecule has 1 aliphatic carbocycles. The van der Waals surface area contributed by atoms with Gasteiger partial charge >= 0.3 is 0 Å². The normalized spacial score (nSPS) is 20.6. The van der Waals surface area contributed by atoms with Gasteiger partial charge in [0, 0.05) is 65.0 Å². The first-order valence-corrected chi connectivity index (χ1v) is 14.5. The Morgan fingerprint density at radius 1 is 1.03 bits per heavy atom. The predicted molar refractivity (Wildman–Crippen MR) is 151 cm³/mol. The average molecular weight is 548 g/mol. The van der Waals surface area contributed by atoms with E-state index in [1.54, 1.807) is 44.4 Å². The summed E-state index contributed by atoms with van der Waals surface area (Å²) in [5, 5.41) is 14.2. The van der Waals surface area contributed by atoms with Crippen molar-refractivity contribution in [2.75, 3.05) is 60.7 Å². The van der Waals surface area contributed by atoms with Gasteiger partial charge in [-0.1, -0.05) is 19.3 Å². The van der Waals surface area contributed by atoms with Gasteiger partial charge in [0.05, 0.1) is 13.7 Å². The van der Waals surface area contributed by atoms with Crippen molar-refractivity contribution in [2.24, 2.45) is 17.8 Å². The summed E-state index contributed by atoms with van der Waals surface area (Å²) < 4.78 is 16.4. The molecular formula is C30H49N3O6. The van der Waals surface area contributed by atoms with Crippen molar-refractivity contribution >= 4 is 11.8 Å². The fourth-order valence-electron chi connectivity index (χ4n) is 5.79. The van der Waals surface area contributed by atoms with Gasteiger partial charge < -0.3 is 34.4 Å². The SMILES string of the molecule is COCCCOc1cc(C(=O)N(C[C@@H]2CNC[C@H]2CN(C)C(=O)[C@@H](O)C2CCCCC2)C(C)C)ccc1OC. The molecule has 0 unspecified atom stereocenters. The van der Waals surface area contributed by atoms with Crippen molar-refractivity contribution in [2.45, 2.75) is 64.5 Å². The Bertz CT molecular complexity index is 920. The highest BCUT2D eigenvalue weighted by Gasteiger charge is 2.35. The van der Waals surface area contributed by atoms with E-state index in [4.69, 9.17) is 14.2 Å². The molecule has 9 nitrogen and oxygen atoms in total. The molecule has 220 valence electrons. The van der Waals surface area contributed by atoms with Gasteiger partial charge in [0.25, 0.3) is 11.8 Å². The number of likely N-dealkylation sites (N-methyl/N-ethyl adjacent to an activating group) is 1. The molecule has 39 heavy (non-hydrogen) atoms. The van der Waals surface area contributed by atoms with E-state index in [0.717, 1.165) is 45.2 Å². The maximum atomic E-state index is 13.7. The predicted octanol–water partition coefficient (Wildman–Crippen LogP) is 3.20. The van der Waals surface area contributed by atoms with Gasteiger partial charge in [-0.25, -0.2) is 0 Å². The van der Waals surface area contributed by atoms with Gasteiger partial charge in [-0.05, 0) is 62.6 Å². The minimum absolute atomic E-state index is 0.000548. The highest BCUT2D eigenvalue weighted by atomic mass is 16.5. The number of nitrogens with one attached hydrogen (secondary N) is 1. The molecule has 1 heterocycles. The van der Waals surface area contributed by atoms with Crippen molar-refractivity contribution in [3.63, 3.8) is 0 Å². The van der Waals surface area contributed by atoms with Gasteiger partial charge in [-0.2, -0.15) is 0 Å². The fourth-order valence-corrected chi connectivity index (χ4v) is 5.79. The maximum absolute atomic E-state index is 13.7. The Morgan fingerprint density at radius 2 is 1.72 bits per heavy atom. The Morgan fingerprint density at radius 3 is 2.36 bits per heavy atom. The van der Waals surface area contributed by atoms with E-state index in [1.165, 1.54) is 6.42 Å². The number of ether oxygens (including phenoxy) is 3.